The fraction of sp³-hybridized carbons (Fsp3) is 0.875. The fourth-order valence-corrected chi connectivity index (χ4v) is 2.74. The van der Waals surface area contributed by atoms with Gasteiger partial charge in [-0.05, 0) is 43.4 Å². The van der Waals surface area contributed by atoms with Gasteiger partial charge < -0.3 is 4.74 Å². The zero-order valence-corrected chi connectivity index (χ0v) is 11.9. The van der Waals surface area contributed by atoms with Gasteiger partial charge in [-0.3, -0.25) is 4.79 Å². The average molecular weight is 396 g/mol. The van der Waals surface area contributed by atoms with Crippen LogP contribution in [0.4, 0.5) is 0 Å². The van der Waals surface area contributed by atoms with Crippen LogP contribution >= 0.6 is 45.2 Å². The molecule has 0 aromatic heterocycles. The summed E-state index contributed by atoms with van der Waals surface area (Å²) in [6.45, 7) is 5.59. The number of alkyl halides is 2. The van der Waals surface area contributed by atoms with E-state index in [9.17, 15) is 4.79 Å². The standard InChI is InChI=1S/C8H14I2O2/c1-8(2,3)7(11)12-6(10)4-5-9/h6H,4-5H2,1-3H3. The number of hydrogen-bond donors (Lipinski definition) is 0. The highest BCUT2D eigenvalue weighted by Gasteiger charge is 2.24. The van der Waals surface area contributed by atoms with Crippen molar-refractivity contribution in [2.24, 2.45) is 5.41 Å². The van der Waals surface area contributed by atoms with Crippen molar-refractivity contribution >= 4 is 51.2 Å². The molecule has 1 unspecified atom stereocenters. The van der Waals surface area contributed by atoms with Crippen LogP contribution in [0.1, 0.15) is 27.2 Å². The number of esters is 1. The van der Waals surface area contributed by atoms with Crippen molar-refractivity contribution in [2.45, 2.75) is 31.3 Å². The van der Waals surface area contributed by atoms with Crippen LogP contribution in [0.3, 0.4) is 0 Å². The van der Waals surface area contributed by atoms with E-state index >= 15 is 0 Å². The summed E-state index contributed by atoms with van der Waals surface area (Å²) < 4.78 is 6.23. The summed E-state index contributed by atoms with van der Waals surface area (Å²) in [7, 11) is 0. The maximum atomic E-state index is 11.3. The monoisotopic (exact) mass is 396 g/mol. The minimum atomic E-state index is -0.380. The first-order valence-electron chi connectivity index (χ1n) is 3.79. The lowest BCUT2D eigenvalue weighted by Gasteiger charge is -2.19. The van der Waals surface area contributed by atoms with E-state index in [0.717, 1.165) is 10.8 Å². The highest BCUT2D eigenvalue weighted by atomic mass is 127. The van der Waals surface area contributed by atoms with Gasteiger partial charge in [-0.25, -0.2) is 0 Å². The van der Waals surface area contributed by atoms with E-state index in [0.29, 0.717) is 0 Å². The lowest BCUT2D eigenvalue weighted by atomic mass is 9.97. The Morgan fingerprint density at radius 1 is 1.50 bits per heavy atom. The Labute approximate surface area is 101 Å². The molecule has 0 aliphatic carbocycles. The van der Waals surface area contributed by atoms with E-state index < -0.39 is 0 Å². The summed E-state index contributed by atoms with van der Waals surface area (Å²) in [5, 5.41) is 0. The SMILES string of the molecule is CC(C)(C)C(=O)OC(I)CCI. The van der Waals surface area contributed by atoms with E-state index in [1.54, 1.807) is 0 Å². The smallest absolute Gasteiger partial charge is 0.312 e. The van der Waals surface area contributed by atoms with Crippen molar-refractivity contribution < 1.29 is 9.53 Å². The Kier molecular flexibility index (Phi) is 6.05. The van der Waals surface area contributed by atoms with E-state index in [2.05, 4.69) is 45.2 Å². The first kappa shape index (κ1) is 12.9. The molecule has 2 nitrogen and oxygen atoms in total. The number of carbonyl (C=O) groups excluding carboxylic acids is 1. The van der Waals surface area contributed by atoms with Crippen LogP contribution in [0.2, 0.25) is 0 Å². The van der Waals surface area contributed by atoms with Crippen molar-refractivity contribution in [1.82, 2.24) is 0 Å². The van der Waals surface area contributed by atoms with Crippen molar-refractivity contribution in [2.75, 3.05) is 4.43 Å². The molecule has 0 rings (SSSR count). The number of halogens is 2. The normalized spacial score (nSPS) is 14.1. The topological polar surface area (TPSA) is 26.3 Å². The fourth-order valence-electron chi connectivity index (χ4n) is 0.438. The van der Waals surface area contributed by atoms with Gasteiger partial charge in [-0.1, -0.05) is 22.6 Å². The van der Waals surface area contributed by atoms with Crippen LogP contribution in [0, 0.1) is 5.41 Å². The van der Waals surface area contributed by atoms with Gasteiger partial charge in [0.15, 0.2) is 4.11 Å². The van der Waals surface area contributed by atoms with E-state index in [-0.39, 0.29) is 15.5 Å². The van der Waals surface area contributed by atoms with Crippen LogP contribution in [0.15, 0.2) is 0 Å². The molecule has 0 N–H and O–H groups in total. The van der Waals surface area contributed by atoms with Crippen molar-refractivity contribution in [3.63, 3.8) is 0 Å². The van der Waals surface area contributed by atoms with Gasteiger partial charge in [0.25, 0.3) is 0 Å². The van der Waals surface area contributed by atoms with Crippen molar-refractivity contribution in [3.8, 4) is 0 Å². The molecule has 0 spiro atoms. The van der Waals surface area contributed by atoms with Crippen molar-refractivity contribution in [1.29, 1.82) is 0 Å². The van der Waals surface area contributed by atoms with Gasteiger partial charge in [0.2, 0.25) is 0 Å². The second kappa shape index (κ2) is 5.62. The van der Waals surface area contributed by atoms with E-state index in [1.165, 1.54) is 0 Å². The zero-order chi connectivity index (χ0) is 9.78. The number of carbonyl (C=O) groups is 1. The third kappa shape index (κ3) is 5.55. The third-order valence-electron chi connectivity index (χ3n) is 1.18. The minimum Gasteiger partial charge on any atom is -0.451 e. The Balaban J connectivity index is 3.85. The summed E-state index contributed by atoms with van der Waals surface area (Å²) >= 11 is 4.42. The molecule has 0 saturated heterocycles. The molecule has 0 amide bonds. The quantitative estimate of drug-likeness (QED) is 0.417. The molecule has 0 radical (unpaired) electrons. The van der Waals surface area contributed by atoms with Gasteiger partial charge in [0, 0.05) is 10.8 Å². The van der Waals surface area contributed by atoms with Crippen LogP contribution in [0.5, 0.6) is 0 Å². The Bertz CT molecular complexity index is 152. The number of ether oxygens (including phenoxy) is 1. The number of rotatable bonds is 3. The molecule has 0 bridgehead atoms. The molecule has 4 heteroatoms. The minimum absolute atomic E-state index is 0.0197. The molecule has 0 aliphatic heterocycles. The molecule has 12 heavy (non-hydrogen) atoms. The molecule has 0 heterocycles. The second-order valence-electron chi connectivity index (χ2n) is 3.54. The summed E-state index contributed by atoms with van der Waals surface area (Å²) in [6.07, 6.45) is 0.920. The van der Waals surface area contributed by atoms with Gasteiger partial charge in [-0.15, -0.1) is 0 Å². The lowest BCUT2D eigenvalue weighted by molar-refractivity contribution is -0.153. The summed E-state index contributed by atoms with van der Waals surface area (Å²) in [5.41, 5.74) is -0.380. The molecular formula is C8H14I2O2. The summed E-state index contributed by atoms with van der Waals surface area (Å²) in [5.74, 6) is -0.119. The predicted molar refractivity (Wildman–Crippen MR) is 66.9 cm³/mol. The summed E-state index contributed by atoms with van der Waals surface area (Å²) in [4.78, 5) is 11.3. The third-order valence-corrected chi connectivity index (χ3v) is 2.68. The zero-order valence-electron chi connectivity index (χ0n) is 7.56. The van der Waals surface area contributed by atoms with Gasteiger partial charge >= 0.3 is 5.97 Å². The van der Waals surface area contributed by atoms with Gasteiger partial charge in [0.05, 0.1) is 5.41 Å². The van der Waals surface area contributed by atoms with E-state index in [1.807, 2.05) is 20.8 Å². The number of hydrogen-bond acceptors (Lipinski definition) is 2. The highest BCUT2D eigenvalue weighted by Crippen LogP contribution is 2.19. The molecule has 0 saturated carbocycles. The molecule has 0 aromatic rings. The van der Waals surface area contributed by atoms with Crippen LogP contribution in [-0.2, 0) is 9.53 Å². The van der Waals surface area contributed by atoms with Crippen molar-refractivity contribution in [3.05, 3.63) is 0 Å². The summed E-state index contributed by atoms with van der Waals surface area (Å²) in [6, 6.07) is 0. The Morgan fingerprint density at radius 3 is 2.33 bits per heavy atom. The predicted octanol–water partition coefficient (Wildman–Crippen LogP) is 3.16. The largest absolute Gasteiger partial charge is 0.451 e. The Hall–Kier alpha value is 0.930. The van der Waals surface area contributed by atoms with E-state index in [4.69, 9.17) is 4.74 Å². The van der Waals surface area contributed by atoms with Gasteiger partial charge in [-0.2, -0.15) is 0 Å². The molecule has 0 aliphatic rings. The van der Waals surface area contributed by atoms with Crippen LogP contribution < -0.4 is 0 Å². The molecular weight excluding hydrogens is 382 g/mol. The molecule has 0 aromatic carbocycles. The molecule has 72 valence electrons. The molecule has 0 fully saturated rings. The first-order valence-corrected chi connectivity index (χ1v) is 6.56. The van der Waals surface area contributed by atoms with Crippen LogP contribution in [0.25, 0.3) is 0 Å². The van der Waals surface area contributed by atoms with Crippen LogP contribution in [-0.4, -0.2) is 14.5 Å². The maximum absolute atomic E-state index is 11.3. The molecule has 1 atom stereocenters. The average Bonchev–Trinajstić information content (AvgIpc) is 1.85. The maximum Gasteiger partial charge on any atom is 0.312 e. The van der Waals surface area contributed by atoms with Gasteiger partial charge in [0.1, 0.15) is 0 Å². The lowest BCUT2D eigenvalue weighted by Crippen LogP contribution is -2.25. The second-order valence-corrected chi connectivity index (χ2v) is 6.01. The first-order chi connectivity index (χ1) is 5.38. The Morgan fingerprint density at radius 2 is 2.00 bits per heavy atom. The highest BCUT2D eigenvalue weighted by molar-refractivity contribution is 14.1.